The Kier molecular flexibility index (Phi) is 4.22. The van der Waals surface area contributed by atoms with Gasteiger partial charge in [-0.3, -0.25) is 0 Å². The molecule has 0 saturated carbocycles. The van der Waals surface area contributed by atoms with E-state index in [0.717, 1.165) is 22.5 Å². The van der Waals surface area contributed by atoms with Gasteiger partial charge in [-0.15, -0.1) is 5.10 Å². The molecule has 1 aromatic heterocycles. The second-order valence-electron chi connectivity index (χ2n) is 5.10. The Balaban J connectivity index is 2.09. The second kappa shape index (κ2) is 6.30. The number of aliphatic hydroxyl groups is 1. The topological polar surface area (TPSA) is 50.9 Å². The maximum Gasteiger partial charge on any atom is 0.112 e. The van der Waals surface area contributed by atoms with Gasteiger partial charge in [0.25, 0.3) is 0 Å². The van der Waals surface area contributed by atoms with Gasteiger partial charge in [-0.05, 0) is 30.2 Å². The zero-order valence-electron chi connectivity index (χ0n) is 12.2. The molecule has 0 saturated heterocycles. The average molecular weight is 314 g/mol. The fraction of sp³-hybridized carbons (Fsp3) is 0.176. The molecule has 2 aromatic carbocycles. The summed E-state index contributed by atoms with van der Waals surface area (Å²) in [5, 5.41) is 18.5. The van der Waals surface area contributed by atoms with Gasteiger partial charge in [0.05, 0.1) is 18.0 Å². The van der Waals surface area contributed by atoms with E-state index in [-0.39, 0.29) is 6.61 Å². The summed E-state index contributed by atoms with van der Waals surface area (Å²) >= 11 is 6.21. The summed E-state index contributed by atoms with van der Waals surface area (Å²) in [4.78, 5) is 0. The third-order valence-corrected chi connectivity index (χ3v) is 4.08. The second-order valence-corrected chi connectivity index (χ2v) is 5.51. The van der Waals surface area contributed by atoms with Crippen molar-refractivity contribution >= 4 is 11.6 Å². The summed E-state index contributed by atoms with van der Waals surface area (Å²) < 4.78 is 1.76. The van der Waals surface area contributed by atoms with Crippen molar-refractivity contribution in [3.63, 3.8) is 0 Å². The van der Waals surface area contributed by atoms with Crippen LogP contribution < -0.4 is 0 Å². The molecule has 3 rings (SSSR count). The summed E-state index contributed by atoms with van der Waals surface area (Å²) in [5.41, 5.74) is 4.42. The molecule has 3 aromatic rings. The molecule has 1 N–H and O–H groups in total. The Hall–Kier alpha value is -2.17. The van der Waals surface area contributed by atoms with Crippen LogP contribution in [0.25, 0.3) is 5.69 Å². The highest BCUT2D eigenvalue weighted by Crippen LogP contribution is 2.24. The highest BCUT2D eigenvalue weighted by molar-refractivity contribution is 6.31. The van der Waals surface area contributed by atoms with E-state index in [0.29, 0.717) is 17.1 Å². The van der Waals surface area contributed by atoms with Gasteiger partial charge in [-0.1, -0.05) is 53.2 Å². The van der Waals surface area contributed by atoms with E-state index < -0.39 is 0 Å². The molecule has 0 amide bonds. The van der Waals surface area contributed by atoms with E-state index in [1.807, 2.05) is 55.5 Å². The maximum atomic E-state index is 9.54. The van der Waals surface area contributed by atoms with Crippen LogP contribution in [0, 0.1) is 6.92 Å². The van der Waals surface area contributed by atoms with Crippen molar-refractivity contribution in [1.29, 1.82) is 0 Å². The maximum absolute atomic E-state index is 9.54. The number of hydrogen-bond acceptors (Lipinski definition) is 3. The van der Waals surface area contributed by atoms with Crippen molar-refractivity contribution in [3.05, 3.63) is 76.1 Å². The molecule has 0 fully saturated rings. The molecule has 4 nitrogen and oxygen atoms in total. The van der Waals surface area contributed by atoms with Gasteiger partial charge in [0.15, 0.2) is 0 Å². The van der Waals surface area contributed by atoms with E-state index in [1.54, 1.807) is 4.68 Å². The summed E-state index contributed by atoms with van der Waals surface area (Å²) in [6, 6.07) is 15.7. The van der Waals surface area contributed by atoms with Gasteiger partial charge >= 0.3 is 0 Å². The molecule has 0 aliphatic heterocycles. The molecule has 112 valence electrons. The normalized spacial score (nSPS) is 10.9. The van der Waals surface area contributed by atoms with Crippen molar-refractivity contribution in [2.45, 2.75) is 20.0 Å². The first-order chi connectivity index (χ1) is 10.7. The lowest BCUT2D eigenvalue weighted by Gasteiger charge is -2.11. The van der Waals surface area contributed by atoms with E-state index >= 15 is 0 Å². The fourth-order valence-corrected chi connectivity index (χ4v) is 2.61. The Morgan fingerprint density at radius 3 is 2.59 bits per heavy atom. The summed E-state index contributed by atoms with van der Waals surface area (Å²) in [6.45, 7) is 1.81. The molecule has 0 atom stereocenters. The van der Waals surface area contributed by atoms with Gasteiger partial charge in [0.2, 0.25) is 0 Å². The van der Waals surface area contributed by atoms with Crippen LogP contribution in [0.5, 0.6) is 0 Å². The Morgan fingerprint density at radius 2 is 1.86 bits per heavy atom. The van der Waals surface area contributed by atoms with Crippen LogP contribution in [0.1, 0.15) is 22.5 Å². The first kappa shape index (κ1) is 14.8. The molecule has 22 heavy (non-hydrogen) atoms. The summed E-state index contributed by atoms with van der Waals surface area (Å²) in [6.07, 6.45) is 0.648. The molecule has 5 heteroatoms. The van der Waals surface area contributed by atoms with Crippen molar-refractivity contribution in [1.82, 2.24) is 15.0 Å². The van der Waals surface area contributed by atoms with Crippen molar-refractivity contribution in [2.75, 3.05) is 0 Å². The first-order valence-electron chi connectivity index (χ1n) is 7.04. The quantitative estimate of drug-likeness (QED) is 0.804. The number of hydrogen-bond donors (Lipinski definition) is 1. The Bertz CT molecular complexity index is 784. The number of rotatable bonds is 4. The lowest BCUT2D eigenvalue weighted by Crippen LogP contribution is -2.06. The van der Waals surface area contributed by atoms with Gasteiger partial charge in [0, 0.05) is 11.4 Å². The minimum atomic E-state index is -0.137. The van der Waals surface area contributed by atoms with Crippen molar-refractivity contribution < 1.29 is 5.11 Å². The largest absolute Gasteiger partial charge is 0.390 e. The third kappa shape index (κ3) is 2.75. The van der Waals surface area contributed by atoms with Gasteiger partial charge in [-0.25, -0.2) is 4.68 Å². The zero-order chi connectivity index (χ0) is 15.5. The van der Waals surface area contributed by atoms with Crippen LogP contribution in [0.2, 0.25) is 5.02 Å². The smallest absolute Gasteiger partial charge is 0.112 e. The lowest BCUT2D eigenvalue weighted by atomic mass is 10.1. The third-order valence-electron chi connectivity index (χ3n) is 3.68. The van der Waals surface area contributed by atoms with E-state index in [2.05, 4.69) is 10.3 Å². The Labute approximate surface area is 134 Å². The molecule has 0 bridgehead atoms. The van der Waals surface area contributed by atoms with Crippen molar-refractivity contribution in [2.24, 2.45) is 0 Å². The molecule has 0 radical (unpaired) electrons. The monoisotopic (exact) mass is 313 g/mol. The standard InChI is InChI=1S/C17H16ClN3O/c1-12-14(18)8-5-9-16(12)21-17(15(11-22)19-20-21)10-13-6-3-2-4-7-13/h2-9,22H,10-11H2,1H3. The molecule has 0 unspecified atom stereocenters. The minimum absolute atomic E-state index is 0.137. The number of halogens is 1. The van der Waals surface area contributed by atoms with Crippen LogP contribution >= 0.6 is 11.6 Å². The zero-order valence-corrected chi connectivity index (χ0v) is 13.0. The van der Waals surface area contributed by atoms with Gasteiger partial charge in [-0.2, -0.15) is 0 Å². The molecular formula is C17H16ClN3O. The molecule has 1 heterocycles. The summed E-state index contributed by atoms with van der Waals surface area (Å²) in [7, 11) is 0. The van der Waals surface area contributed by atoms with Crippen molar-refractivity contribution in [3.8, 4) is 5.69 Å². The van der Waals surface area contributed by atoms with Crippen LogP contribution in [-0.4, -0.2) is 20.1 Å². The average Bonchev–Trinajstić information content (AvgIpc) is 2.93. The van der Waals surface area contributed by atoms with Crippen LogP contribution in [-0.2, 0) is 13.0 Å². The predicted octanol–water partition coefficient (Wildman–Crippen LogP) is 3.31. The highest BCUT2D eigenvalue weighted by Gasteiger charge is 2.16. The number of nitrogens with zero attached hydrogens (tertiary/aromatic N) is 3. The van der Waals surface area contributed by atoms with Gasteiger partial charge < -0.3 is 5.11 Å². The Morgan fingerprint density at radius 1 is 1.09 bits per heavy atom. The number of aliphatic hydroxyl groups excluding tert-OH is 1. The number of benzene rings is 2. The molecule has 0 aliphatic rings. The minimum Gasteiger partial charge on any atom is -0.390 e. The SMILES string of the molecule is Cc1c(Cl)cccc1-n1nnc(CO)c1Cc1ccccc1. The molecule has 0 aliphatic carbocycles. The van der Waals surface area contributed by atoms with Crippen LogP contribution in [0.4, 0.5) is 0 Å². The van der Waals surface area contributed by atoms with E-state index in [1.165, 1.54) is 0 Å². The van der Waals surface area contributed by atoms with Crippen LogP contribution in [0.15, 0.2) is 48.5 Å². The lowest BCUT2D eigenvalue weighted by molar-refractivity contribution is 0.275. The highest BCUT2D eigenvalue weighted by atomic mass is 35.5. The number of aromatic nitrogens is 3. The molecule has 0 spiro atoms. The van der Waals surface area contributed by atoms with Gasteiger partial charge in [0.1, 0.15) is 5.69 Å². The van der Waals surface area contributed by atoms with E-state index in [4.69, 9.17) is 11.6 Å². The fourth-order valence-electron chi connectivity index (χ4n) is 2.44. The molecular weight excluding hydrogens is 298 g/mol. The predicted molar refractivity (Wildman–Crippen MR) is 86.3 cm³/mol. The summed E-state index contributed by atoms with van der Waals surface area (Å²) in [5.74, 6) is 0. The van der Waals surface area contributed by atoms with E-state index in [9.17, 15) is 5.11 Å². The van der Waals surface area contributed by atoms with Crippen LogP contribution in [0.3, 0.4) is 0 Å². The first-order valence-corrected chi connectivity index (χ1v) is 7.42.